The van der Waals surface area contributed by atoms with Crippen LogP contribution in [-0.4, -0.2) is 53.5 Å². The van der Waals surface area contributed by atoms with Crippen LogP contribution >= 0.6 is 11.3 Å². The minimum atomic E-state index is -5.08. The molecule has 2 N–H and O–H groups in total. The van der Waals surface area contributed by atoms with E-state index in [9.17, 15) is 21.6 Å². The highest BCUT2D eigenvalue weighted by Gasteiger charge is 2.38. The molecule has 4 rings (SSSR count). The number of fused-ring (bicyclic) bond motifs is 1. The fourth-order valence-corrected chi connectivity index (χ4v) is 5.67. The largest absolute Gasteiger partial charge is 0.490 e. The topological polar surface area (TPSA) is 91.6 Å². The second-order valence-corrected chi connectivity index (χ2v) is 10.9. The third-order valence-electron chi connectivity index (χ3n) is 5.33. The van der Waals surface area contributed by atoms with Crippen molar-refractivity contribution in [1.82, 2.24) is 14.2 Å². The first-order valence-electron chi connectivity index (χ1n) is 10.2. The molecule has 2 aromatic rings. The van der Waals surface area contributed by atoms with Gasteiger partial charge in [0.15, 0.2) is 0 Å². The first kappa shape index (κ1) is 24.7. The lowest BCUT2D eigenvalue weighted by molar-refractivity contribution is -0.192. The maximum Gasteiger partial charge on any atom is 0.490 e. The summed E-state index contributed by atoms with van der Waals surface area (Å²) in [7, 11) is -3.07. The van der Waals surface area contributed by atoms with Crippen molar-refractivity contribution in [2.75, 3.05) is 13.1 Å². The zero-order chi connectivity index (χ0) is 23.4. The standard InChI is InChI=1S/C18H25N3O2S2.C2HF3O2/c22-25(23,18-3-4-18)19-7-5-15-10-20(11-16-6-9-24-14-16)13-17-2-1-8-21(17)12-15;3-2(4,5)1(6)7/h1-2,6,8-9,14-15,18-19H,3-5,7,10-13H2;(H,6,7). The van der Waals surface area contributed by atoms with Crippen LogP contribution < -0.4 is 4.72 Å². The maximum atomic E-state index is 12.0. The van der Waals surface area contributed by atoms with Crippen LogP contribution in [0.4, 0.5) is 13.2 Å². The predicted octanol–water partition coefficient (Wildman–Crippen LogP) is 3.29. The van der Waals surface area contributed by atoms with E-state index >= 15 is 0 Å². The first-order valence-corrected chi connectivity index (χ1v) is 12.7. The number of nitrogens with zero attached hydrogens (tertiary/aromatic N) is 2. The summed E-state index contributed by atoms with van der Waals surface area (Å²) < 4.78 is 60.9. The van der Waals surface area contributed by atoms with Gasteiger partial charge in [0.1, 0.15) is 0 Å². The third-order valence-corrected chi connectivity index (χ3v) is 8.02. The Morgan fingerprint density at radius 3 is 2.56 bits per heavy atom. The second-order valence-electron chi connectivity index (χ2n) is 8.05. The lowest BCUT2D eigenvalue weighted by atomic mass is 10.1. The SMILES string of the molecule is O=C(O)C(F)(F)F.O=S(=O)(NCCC1CN(Cc2ccsc2)Cc2cccn2C1)C1CC1. The fourth-order valence-electron chi connectivity index (χ4n) is 3.61. The normalized spacial score (nSPS) is 19.5. The molecule has 0 bridgehead atoms. The van der Waals surface area contributed by atoms with E-state index < -0.39 is 22.2 Å². The molecule has 1 aliphatic carbocycles. The van der Waals surface area contributed by atoms with Crippen molar-refractivity contribution in [3.8, 4) is 0 Å². The fraction of sp³-hybridized carbons (Fsp3) is 0.550. The monoisotopic (exact) mass is 493 g/mol. The Bertz CT molecular complexity index is 986. The van der Waals surface area contributed by atoms with Crippen molar-refractivity contribution in [3.63, 3.8) is 0 Å². The molecular formula is C20H26F3N3O4S2. The number of halogens is 3. The molecule has 0 amide bonds. The Balaban J connectivity index is 0.000000360. The number of rotatable bonds is 7. The van der Waals surface area contributed by atoms with Gasteiger partial charge in [0.05, 0.1) is 5.25 Å². The van der Waals surface area contributed by atoms with Crippen LogP contribution in [0.25, 0.3) is 0 Å². The van der Waals surface area contributed by atoms with Crippen LogP contribution in [0.2, 0.25) is 0 Å². The van der Waals surface area contributed by atoms with Gasteiger partial charge < -0.3 is 9.67 Å². The number of hydrogen-bond donors (Lipinski definition) is 2. The van der Waals surface area contributed by atoms with Crippen LogP contribution in [0.1, 0.15) is 30.5 Å². The number of aromatic nitrogens is 1. The third kappa shape index (κ3) is 7.32. The predicted molar refractivity (Wildman–Crippen MR) is 115 cm³/mol. The molecule has 2 aliphatic rings. The highest BCUT2D eigenvalue weighted by atomic mass is 32.2. The van der Waals surface area contributed by atoms with E-state index in [1.165, 1.54) is 11.3 Å². The molecule has 178 valence electrons. The molecule has 0 aromatic carbocycles. The molecule has 1 aliphatic heterocycles. The Morgan fingerprint density at radius 1 is 1.25 bits per heavy atom. The second kappa shape index (κ2) is 10.4. The average molecular weight is 494 g/mol. The number of carboxylic acid groups (broad SMARTS) is 1. The van der Waals surface area contributed by atoms with Gasteiger partial charge in [0.2, 0.25) is 10.0 Å². The molecule has 7 nitrogen and oxygen atoms in total. The van der Waals surface area contributed by atoms with E-state index in [2.05, 4.69) is 49.3 Å². The van der Waals surface area contributed by atoms with Crippen LogP contribution in [0.5, 0.6) is 0 Å². The van der Waals surface area contributed by atoms with Crippen molar-refractivity contribution in [1.29, 1.82) is 0 Å². The first-order chi connectivity index (χ1) is 15.0. The van der Waals surface area contributed by atoms with Gasteiger partial charge in [-0.15, -0.1) is 0 Å². The molecule has 1 fully saturated rings. The lowest BCUT2D eigenvalue weighted by Crippen LogP contribution is -2.32. The van der Waals surface area contributed by atoms with Gasteiger partial charge in [-0.2, -0.15) is 24.5 Å². The van der Waals surface area contributed by atoms with E-state index in [1.54, 1.807) is 11.3 Å². The smallest absolute Gasteiger partial charge is 0.475 e. The number of aliphatic carboxylic acids is 1. The van der Waals surface area contributed by atoms with Gasteiger partial charge in [-0.25, -0.2) is 17.9 Å². The molecular weight excluding hydrogens is 467 g/mol. The molecule has 2 aromatic heterocycles. The van der Waals surface area contributed by atoms with Gasteiger partial charge in [0, 0.05) is 44.6 Å². The summed E-state index contributed by atoms with van der Waals surface area (Å²) in [5, 5.41) is 11.3. The zero-order valence-corrected chi connectivity index (χ0v) is 18.9. The summed E-state index contributed by atoms with van der Waals surface area (Å²) in [6.45, 7) is 4.43. The quantitative estimate of drug-likeness (QED) is 0.618. The van der Waals surface area contributed by atoms with Gasteiger partial charge in [-0.1, -0.05) is 0 Å². The molecule has 0 spiro atoms. The molecule has 1 unspecified atom stereocenters. The Hall–Kier alpha value is -1.89. The summed E-state index contributed by atoms with van der Waals surface area (Å²) in [6, 6.07) is 6.49. The minimum Gasteiger partial charge on any atom is -0.475 e. The van der Waals surface area contributed by atoms with Gasteiger partial charge in [0.25, 0.3) is 0 Å². The number of hydrogen-bond acceptors (Lipinski definition) is 5. The van der Waals surface area contributed by atoms with E-state index in [0.717, 1.165) is 45.4 Å². The highest BCUT2D eigenvalue weighted by Crippen LogP contribution is 2.27. The molecule has 0 saturated heterocycles. The Labute approximate surface area is 188 Å². The Morgan fingerprint density at radius 2 is 1.97 bits per heavy atom. The van der Waals surface area contributed by atoms with E-state index in [0.29, 0.717) is 12.5 Å². The molecule has 1 atom stereocenters. The summed E-state index contributed by atoms with van der Waals surface area (Å²) in [5.74, 6) is -2.30. The van der Waals surface area contributed by atoms with E-state index in [-0.39, 0.29) is 5.25 Å². The van der Waals surface area contributed by atoms with E-state index in [1.807, 2.05) is 0 Å². The van der Waals surface area contributed by atoms with Crippen LogP contribution in [0, 0.1) is 5.92 Å². The van der Waals surface area contributed by atoms with Crippen LogP contribution in [0.3, 0.4) is 0 Å². The van der Waals surface area contributed by atoms with Crippen molar-refractivity contribution >= 4 is 27.3 Å². The molecule has 0 radical (unpaired) electrons. The number of carboxylic acids is 1. The van der Waals surface area contributed by atoms with Crippen LogP contribution in [0.15, 0.2) is 35.2 Å². The minimum absolute atomic E-state index is 0.132. The summed E-state index contributed by atoms with van der Waals surface area (Å²) in [6.07, 6.45) is -0.422. The summed E-state index contributed by atoms with van der Waals surface area (Å²) in [5.41, 5.74) is 2.70. The summed E-state index contributed by atoms with van der Waals surface area (Å²) >= 11 is 1.74. The van der Waals surface area contributed by atoms with Gasteiger partial charge >= 0.3 is 12.1 Å². The van der Waals surface area contributed by atoms with Crippen molar-refractivity contribution in [3.05, 3.63) is 46.4 Å². The van der Waals surface area contributed by atoms with E-state index in [4.69, 9.17) is 9.90 Å². The van der Waals surface area contributed by atoms with Crippen molar-refractivity contribution < 1.29 is 31.5 Å². The number of nitrogens with one attached hydrogen (secondary N) is 1. The molecule has 3 heterocycles. The molecule has 1 saturated carbocycles. The number of sulfonamides is 1. The number of alkyl halides is 3. The van der Waals surface area contributed by atoms with Crippen LogP contribution in [-0.2, 0) is 34.5 Å². The summed E-state index contributed by atoms with van der Waals surface area (Å²) in [4.78, 5) is 11.4. The maximum absolute atomic E-state index is 12.0. The van der Waals surface area contributed by atoms with Crippen molar-refractivity contribution in [2.24, 2.45) is 5.92 Å². The zero-order valence-electron chi connectivity index (χ0n) is 17.3. The lowest BCUT2D eigenvalue weighted by Gasteiger charge is -2.23. The van der Waals surface area contributed by atoms with Gasteiger partial charge in [-0.05, 0) is 59.7 Å². The van der Waals surface area contributed by atoms with Gasteiger partial charge in [-0.3, -0.25) is 4.90 Å². The average Bonchev–Trinajstić information content (AvgIpc) is 3.35. The van der Waals surface area contributed by atoms with Crippen molar-refractivity contribution in [2.45, 2.75) is 50.3 Å². The highest BCUT2D eigenvalue weighted by molar-refractivity contribution is 7.90. The number of carbonyl (C=O) groups is 1. The molecule has 12 heteroatoms. The Kier molecular flexibility index (Phi) is 8.01. The number of thiophene rings is 1. The molecule has 32 heavy (non-hydrogen) atoms.